The van der Waals surface area contributed by atoms with Crippen molar-refractivity contribution in [3.05, 3.63) is 35.9 Å². The fourth-order valence-electron chi connectivity index (χ4n) is 7.87. The number of rotatable bonds is 3. The maximum absolute atomic E-state index is 6.42. The first-order valence-electron chi connectivity index (χ1n) is 11.6. The van der Waals surface area contributed by atoms with Gasteiger partial charge < -0.3 is 10.6 Å². The van der Waals surface area contributed by atoms with Gasteiger partial charge in [-0.05, 0) is 78.2 Å². The molecular weight excluding hydrogens is 340 g/mol. The van der Waals surface area contributed by atoms with Crippen molar-refractivity contribution in [2.24, 2.45) is 27.9 Å². The Morgan fingerprint density at radius 3 is 2.32 bits per heavy atom. The quantitative estimate of drug-likeness (QED) is 0.736. The van der Waals surface area contributed by atoms with Crippen LogP contribution in [0, 0.1) is 22.2 Å². The average Bonchev–Trinajstić information content (AvgIpc) is 2.55. The van der Waals surface area contributed by atoms with Gasteiger partial charge in [-0.15, -0.1) is 0 Å². The molecule has 2 N–H and O–H groups in total. The first-order chi connectivity index (χ1) is 13.0. The minimum absolute atomic E-state index is 0.230. The van der Waals surface area contributed by atoms with E-state index in [4.69, 9.17) is 5.73 Å². The van der Waals surface area contributed by atoms with Gasteiger partial charge in [0.1, 0.15) is 0 Å². The van der Waals surface area contributed by atoms with Gasteiger partial charge in [0.15, 0.2) is 0 Å². The zero-order valence-electron chi connectivity index (χ0n) is 18.9. The highest BCUT2D eigenvalue weighted by molar-refractivity contribution is 5.31. The van der Waals surface area contributed by atoms with Crippen LogP contribution in [0.2, 0.25) is 0 Å². The summed E-state index contributed by atoms with van der Waals surface area (Å²) in [5.41, 5.74) is 9.57. The molecule has 1 saturated heterocycles. The molecule has 1 aromatic carbocycles. The molecule has 3 atom stereocenters. The maximum atomic E-state index is 6.42. The molecule has 2 nitrogen and oxygen atoms in total. The van der Waals surface area contributed by atoms with Crippen LogP contribution in [0.1, 0.15) is 78.7 Å². The van der Waals surface area contributed by atoms with Crippen molar-refractivity contribution in [2.75, 3.05) is 19.6 Å². The molecule has 3 saturated carbocycles. The topological polar surface area (TPSA) is 29.3 Å². The molecule has 1 aliphatic heterocycles. The predicted octanol–water partition coefficient (Wildman–Crippen LogP) is 5.61. The average molecular weight is 383 g/mol. The Bertz CT molecular complexity index is 688. The smallest absolute Gasteiger partial charge is 0.0115 e. The van der Waals surface area contributed by atoms with Crippen LogP contribution in [0.5, 0.6) is 0 Å². The Morgan fingerprint density at radius 2 is 1.68 bits per heavy atom. The van der Waals surface area contributed by atoms with Crippen molar-refractivity contribution in [1.29, 1.82) is 0 Å². The lowest BCUT2D eigenvalue weighted by Crippen LogP contribution is -2.57. The monoisotopic (exact) mass is 382 g/mol. The number of hydrogen-bond acceptors (Lipinski definition) is 2. The van der Waals surface area contributed by atoms with Gasteiger partial charge in [0.05, 0.1) is 0 Å². The van der Waals surface area contributed by atoms with E-state index in [0.717, 1.165) is 18.9 Å². The molecule has 1 heterocycles. The number of fused-ring (bicyclic) bond motifs is 4. The minimum atomic E-state index is 0.230. The summed E-state index contributed by atoms with van der Waals surface area (Å²) in [6, 6.07) is 11.8. The molecule has 1 aromatic rings. The summed E-state index contributed by atoms with van der Waals surface area (Å²) in [7, 11) is 0. The Balaban J connectivity index is 1.58. The number of likely N-dealkylation sites (tertiary alicyclic amines) is 1. The molecule has 28 heavy (non-hydrogen) atoms. The van der Waals surface area contributed by atoms with Crippen LogP contribution in [0.25, 0.3) is 0 Å². The molecule has 3 aliphatic carbocycles. The number of nitrogens with zero attached hydrogens (tertiary/aromatic N) is 1. The Morgan fingerprint density at radius 1 is 1.00 bits per heavy atom. The first-order valence-corrected chi connectivity index (χ1v) is 11.6. The minimum Gasteiger partial charge on any atom is -0.327 e. The van der Waals surface area contributed by atoms with Gasteiger partial charge >= 0.3 is 0 Å². The summed E-state index contributed by atoms with van der Waals surface area (Å²) in [4.78, 5) is 2.74. The maximum Gasteiger partial charge on any atom is 0.0115 e. The zero-order valence-corrected chi connectivity index (χ0v) is 18.9. The zero-order chi connectivity index (χ0) is 20.2. The third-order valence-electron chi connectivity index (χ3n) is 8.36. The van der Waals surface area contributed by atoms with Crippen LogP contribution in [-0.4, -0.2) is 30.6 Å². The number of nitrogens with two attached hydrogens (primary N) is 1. The largest absolute Gasteiger partial charge is 0.327 e. The summed E-state index contributed by atoms with van der Waals surface area (Å²) in [5, 5.41) is 0. The van der Waals surface area contributed by atoms with Crippen molar-refractivity contribution in [1.82, 2.24) is 4.90 Å². The number of piperidine rings is 1. The Kier molecular flexibility index (Phi) is 4.99. The van der Waals surface area contributed by atoms with Gasteiger partial charge in [-0.25, -0.2) is 0 Å². The highest BCUT2D eigenvalue weighted by Gasteiger charge is 2.57. The Hall–Kier alpha value is -0.860. The van der Waals surface area contributed by atoms with Crippen LogP contribution in [0.4, 0.5) is 0 Å². The van der Waals surface area contributed by atoms with E-state index in [0.29, 0.717) is 22.3 Å². The van der Waals surface area contributed by atoms with Crippen molar-refractivity contribution < 1.29 is 0 Å². The van der Waals surface area contributed by atoms with Crippen molar-refractivity contribution >= 4 is 0 Å². The van der Waals surface area contributed by atoms with E-state index >= 15 is 0 Å². The molecule has 3 unspecified atom stereocenters. The standard InChI is InChI=1S/C26H42N2/c1-20-13-24(4)15-26(16-24,21-9-7-6-8-10-21)17-25(5,14-20)19-28-12-11-22(27)23(2,3)18-28/h6-10,20,22H,11-19,27H2,1-5H3. The van der Waals surface area contributed by atoms with E-state index in [2.05, 4.69) is 69.9 Å². The summed E-state index contributed by atoms with van der Waals surface area (Å²) in [5.74, 6) is 0.823. The van der Waals surface area contributed by atoms with Crippen LogP contribution in [0.3, 0.4) is 0 Å². The van der Waals surface area contributed by atoms with Crippen molar-refractivity contribution in [3.8, 4) is 0 Å². The molecule has 2 bridgehead atoms. The van der Waals surface area contributed by atoms with E-state index in [-0.39, 0.29) is 5.41 Å². The Labute approximate surface area is 173 Å². The fourth-order valence-corrected chi connectivity index (χ4v) is 7.87. The lowest BCUT2D eigenvalue weighted by Gasteiger charge is -2.62. The third-order valence-corrected chi connectivity index (χ3v) is 8.36. The second-order valence-corrected chi connectivity index (χ2v) is 12.4. The van der Waals surface area contributed by atoms with Crippen molar-refractivity contribution in [2.45, 2.75) is 84.6 Å². The van der Waals surface area contributed by atoms with E-state index in [9.17, 15) is 0 Å². The summed E-state index contributed by atoms with van der Waals surface area (Å²) < 4.78 is 0. The van der Waals surface area contributed by atoms with Gasteiger partial charge in [0.2, 0.25) is 0 Å². The van der Waals surface area contributed by atoms with Crippen LogP contribution in [-0.2, 0) is 5.41 Å². The van der Waals surface area contributed by atoms with Crippen molar-refractivity contribution in [3.63, 3.8) is 0 Å². The van der Waals surface area contributed by atoms with Gasteiger partial charge in [0.25, 0.3) is 0 Å². The fraction of sp³-hybridized carbons (Fsp3) is 0.769. The molecule has 156 valence electrons. The molecule has 0 aromatic heterocycles. The third kappa shape index (κ3) is 3.79. The molecule has 2 heteroatoms. The lowest BCUT2D eigenvalue weighted by atomic mass is 9.43. The van der Waals surface area contributed by atoms with Crippen LogP contribution < -0.4 is 5.73 Å². The SMILES string of the molecule is CC1CC(C)(CN2CCC(N)C(C)(C)C2)CC2(c3ccccc3)CC(C)(C1)C2. The molecule has 5 rings (SSSR count). The van der Waals surface area contributed by atoms with Crippen LogP contribution >= 0.6 is 0 Å². The number of hydrogen-bond donors (Lipinski definition) is 1. The van der Waals surface area contributed by atoms with Gasteiger partial charge in [-0.2, -0.15) is 0 Å². The molecule has 0 radical (unpaired) electrons. The number of benzene rings is 1. The molecule has 4 aliphatic rings. The van der Waals surface area contributed by atoms with E-state index in [1.807, 2.05) is 0 Å². The van der Waals surface area contributed by atoms with E-state index < -0.39 is 0 Å². The van der Waals surface area contributed by atoms with Gasteiger partial charge in [-0.3, -0.25) is 0 Å². The van der Waals surface area contributed by atoms with Gasteiger partial charge in [-0.1, -0.05) is 65.0 Å². The molecule has 4 fully saturated rings. The van der Waals surface area contributed by atoms with Gasteiger partial charge in [0, 0.05) is 19.1 Å². The highest BCUT2D eigenvalue weighted by Crippen LogP contribution is 2.65. The molecule has 0 spiro atoms. The second-order valence-electron chi connectivity index (χ2n) is 12.4. The lowest BCUT2D eigenvalue weighted by molar-refractivity contribution is -0.0604. The second kappa shape index (κ2) is 6.84. The van der Waals surface area contributed by atoms with E-state index in [1.54, 1.807) is 5.56 Å². The first kappa shape index (κ1) is 20.4. The summed E-state index contributed by atoms with van der Waals surface area (Å²) in [6.07, 6.45) is 7.99. The van der Waals surface area contributed by atoms with E-state index in [1.165, 1.54) is 45.2 Å². The highest BCUT2D eigenvalue weighted by atomic mass is 15.2. The molecular formula is C26H42N2. The molecule has 0 amide bonds. The van der Waals surface area contributed by atoms with Crippen LogP contribution in [0.15, 0.2) is 30.3 Å². The summed E-state index contributed by atoms with van der Waals surface area (Å²) in [6.45, 7) is 15.9. The summed E-state index contributed by atoms with van der Waals surface area (Å²) >= 11 is 0. The normalized spacial score (nSPS) is 43.6. The predicted molar refractivity (Wildman–Crippen MR) is 119 cm³/mol.